The van der Waals surface area contributed by atoms with Crippen molar-refractivity contribution in [2.45, 2.75) is 32.4 Å². The van der Waals surface area contributed by atoms with Gasteiger partial charge < -0.3 is 10.1 Å². The van der Waals surface area contributed by atoms with Crippen LogP contribution < -0.4 is 5.32 Å². The molecule has 8 heteroatoms. The zero-order chi connectivity index (χ0) is 22.1. The Labute approximate surface area is 194 Å². The average Bonchev–Trinajstić information content (AvgIpc) is 3.26. The van der Waals surface area contributed by atoms with Crippen LogP contribution in [0.5, 0.6) is 0 Å². The highest BCUT2D eigenvalue weighted by Crippen LogP contribution is 2.30. The maximum atomic E-state index is 12.7. The molecule has 3 heterocycles. The van der Waals surface area contributed by atoms with Crippen molar-refractivity contribution in [3.8, 4) is 11.3 Å². The molecule has 162 valence electrons. The van der Waals surface area contributed by atoms with E-state index < -0.39 is 0 Å². The van der Waals surface area contributed by atoms with Gasteiger partial charge in [-0.25, -0.2) is 15.0 Å². The molecule has 7 nitrogen and oxygen atoms in total. The van der Waals surface area contributed by atoms with Gasteiger partial charge in [0.15, 0.2) is 5.65 Å². The van der Waals surface area contributed by atoms with Gasteiger partial charge in [-0.3, -0.25) is 9.36 Å². The van der Waals surface area contributed by atoms with E-state index in [1.807, 2.05) is 47.9 Å². The van der Waals surface area contributed by atoms with Crippen molar-refractivity contribution in [3.05, 3.63) is 70.7 Å². The van der Waals surface area contributed by atoms with Crippen molar-refractivity contribution in [2.24, 2.45) is 0 Å². The van der Waals surface area contributed by atoms with Gasteiger partial charge >= 0.3 is 0 Å². The number of aryl methyl sites for hydroxylation is 1. The van der Waals surface area contributed by atoms with Crippen molar-refractivity contribution < 1.29 is 9.53 Å². The lowest BCUT2D eigenvalue weighted by Crippen LogP contribution is -2.17. The van der Waals surface area contributed by atoms with Crippen molar-refractivity contribution in [1.29, 1.82) is 0 Å². The van der Waals surface area contributed by atoms with Gasteiger partial charge in [-0.1, -0.05) is 28.1 Å². The van der Waals surface area contributed by atoms with Gasteiger partial charge in [0.1, 0.15) is 23.8 Å². The van der Waals surface area contributed by atoms with E-state index in [0.717, 1.165) is 52.8 Å². The Bertz CT molecular complexity index is 1300. The van der Waals surface area contributed by atoms with Gasteiger partial charge in [-0.05, 0) is 62.1 Å². The second-order valence-electron chi connectivity index (χ2n) is 7.87. The summed E-state index contributed by atoms with van der Waals surface area (Å²) in [6.07, 6.45) is 6.44. The smallest absolute Gasteiger partial charge is 0.255 e. The highest BCUT2D eigenvalue weighted by molar-refractivity contribution is 9.10. The Morgan fingerprint density at radius 3 is 2.88 bits per heavy atom. The summed E-state index contributed by atoms with van der Waals surface area (Å²) >= 11 is 3.47. The predicted octanol–water partition coefficient (Wildman–Crippen LogP) is 5.52. The second-order valence-corrected chi connectivity index (χ2v) is 8.72. The van der Waals surface area contributed by atoms with Gasteiger partial charge in [0.25, 0.3) is 5.91 Å². The van der Waals surface area contributed by atoms with Crippen molar-refractivity contribution in [2.75, 3.05) is 11.9 Å². The first-order valence-corrected chi connectivity index (χ1v) is 11.4. The highest BCUT2D eigenvalue weighted by atomic mass is 79.9. The summed E-state index contributed by atoms with van der Waals surface area (Å²) in [7, 11) is 0. The maximum absolute atomic E-state index is 12.7. The molecule has 0 saturated carbocycles. The van der Waals surface area contributed by atoms with Crippen LogP contribution in [0.1, 0.15) is 41.4 Å². The number of amides is 1. The van der Waals surface area contributed by atoms with Crippen LogP contribution in [0.3, 0.4) is 0 Å². The standard InChI is InChI=1S/C24H22BrN5O2/c1-15-11-17(8-9-19(15)25)24(31)29-18-6-4-5-16(12-18)21-22-23(27-13-26-21)30(14-28-22)20-7-2-3-10-32-20/h4-6,8-9,11-14,20H,2-3,7,10H2,1H3,(H,29,31). The molecular formula is C24H22BrN5O2. The van der Waals surface area contributed by atoms with Gasteiger partial charge in [0, 0.05) is 27.9 Å². The molecule has 1 atom stereocenters. The SMILES string of the molecule is Cc1cc(C(=O)Nc2cccc(-c3ncnc4c3ncn4C3CCCCO3)c2)ccc1Br. The number of benzene rings is 2. The third kappa shape index (κ3) is 4.03. The largest absolute Gasteiger partial charge is 0.358 e. The first kappa shape index (κ1) is 20.8. The van der Waals surface area contributed by atoms with E-state index in [-0.39, 0.29) is 12.1 Å². The van der Waals surface area contributed by atoms with Gasteiger partial charge in [-0.15, -0.1) is 0 Å². The van der Waals surface area contributed by atoms with E-state index in [1.165, 1.54) is 0 Å². The molecule has 0 aliphatic carbocycles. The molecule has 1 saturated heterocycles. The number of imidazole rings is 1. The van der Waals surface area contributed by atoms with E-state index in [2.05, 4.69) is 36.2 Å². The van der Waals surface area contributed by atoms with Crippen LogP contribution in [0.2, 0.25) is 0 Å². The van der Waals surface area contributed by atoms with Crippen LogP contribution in [0.25, 0.3) is 22.4 Å². The van der Waals surface area contributed by atoms with E-state index in [1.54, 1.807) is 18.7 Å². The summed E-state index contributed by atoms with van der Waals surface area (Å²) < 4.78 is 8.87. The molecule has 1 fully saturated rings. The van der Waals surface area contributed by atoms with Crippen LogP contribution in [0, 0.1) is 6.92 Å². The highest BCUT2D eigenvalue weighted by Gasteiger charge is 2.20. The van der Waals surface area contributed by atoms with E-state index in [9.17, 15) is 4.79 Å². The number of ether oxygens (including phenoxy) is 1. The summed E-state index contributed by atoms with van der Waals surface area (Å²) in [5, 5.41) is 2.98. The molecule has 0 bridgehead atoms. The Morgan fingerprint density at radius 2 is 2.06 bits per heavy atom. The summed E-state index contributed by atoms with van der Waals surface area (Å²) in [5.74, 6) is -0.163. The van der Waals surface area contributed by atoms with Crippen LogP contribution >= 0.6 is 15.9 Å². The fraction of sp³-hybridized carbons (Fsp3) is 0.250. The van der Waals surface area contributed by atoms with Crippen molar-refractivity contribution in [3.63, 3.8) is 0 Å². The molecule has 1 unspecified atom stereocenters. The number of aromatic nitrogens is 4. The topological polar surface area (TPSA) is 81.9 Å². The summed E-state index contributed by atoms with van der Waals surface area (Å²) in [6, 6.07) is 13.2. The maximum Gasteiger partial charge on any atom is 0.255 e. The predicted molar refractivity (Wildman–Crippen MR) is 126 cm³/mol. The number of nitrogens with zero attached hydrogens (tertiary/aromatic N) is 4. The Balaban J connectivity index is 1.44. The normalized spacial score (nSPS) is 16.2. The van der Waals surface area contributed by atoms with Gasteiger partial charge in [-0.2, -0.15) is 0 Å². The molecule has 5 rings (SSSR count). The fourth-order valence-corrected chi connectivity index (χ4v) is 4.20. The first-order valence-electron chi connectivity index (χ1n) is 10.6. The second kappa shape index (κ2) is 8.80. The molecule has 2 aromatic heterocycles. The molecular weight excluding hydrogens is 470 g/mol. The first-order chi connectivity index (χ1) is 15.6. The summed E-state index contributed by atoms with van der Waals surface area (Å²) in [4.78, 5) is 26.3. The minimum atomic E-state index is -0.163. The van der Waals surface area contributed by atoms with Gasteiger partial charge in [0.2, 0.25) is 0 Å². The van der Waals surface area contributed by atoms with Crippen LogP contribution in [-0.2, 0) is 4.74 Å². The molecule has 1 N–H and O–H groups in total. The minimum absolute atomic E-state index is 0.0449. The zero-order valence-electron chi connectivity index (χ0n) is 17.6. The van der Waals surface area contributed by atoms with Crippen molar-refractivity contribution in [1.82, 2.24) is 19.5 Å². The van der Waals surface area contributed by atoms with E-state index in [4.69, 9.17) is 4.74 Å². The zero-order valence-corrected chi connectivity index (χ0v) is 19.2. The number of hydrogen-bond donors (Lipinski definition) is 1. The lowest BCUT2D eigenvalue weighted by Gasteiger charge is -2.23. The number of carbonyl (C=O) groups is 1. The van der Waals surface area contributed by atoms with Crippen molar-refractivity contribution >= 4 is 38.7 Å². The Kier molecular flexibility index (Phi) is 5.71. The number of anilines is 1. The third-order valence-electron chi connectivity index (χ3n) is 5.64. The summed E-state index contributed by atoms with van der Waals surface area (Å²) in [5.41, 5.74) is 5.35. The Hall–Kier alpha value is -3.10. The molecule has 1 amide bonds. The third-order valence-corrected chi connectivity index (χ3v) is 6.53. The minimum Gasteiger partial charge on any atom is -0.358 e. The van der Waals surface area contributed by atoms with E-state index >= 15 is 0 Å². The summed E-state index contributed by atoms with van der Waals surface area (Å²) in [6.45, 7) is 2.71. The average molecular weight is 492 g/mol. The number of rotatable bonds is 4. The molecule has 0 radical (unpaired) electrons. The lowest BCUT2D eigenvalue weighted by atomic mass is 10.1. The Morgan fingerprint density at radius 1 is 1.16 bits per heavy atom. The molecule has 4 aromatic rings. The van der Waals surface area contributed by atoms with Crippen LogP contribution in [0.15, 0.2) is 59.6 Å². The van der Waals surface area contributed by atoms with Crippen LogP contribution in [0.4, 0.5) is 5.69 Å². The number of fused-ring (bicyclic) bond motifs is 1. The number of halogens is 1. The number of nitrogens with one attached hydrogen (secondary N) is 1. The monoisotopic (exact) mass is 491 g/mol. The molecule has 1 aliphatic heterocycles. The van der Waals surface area contributed by atoms with Crippen LogP contribution in [-0.4, -0.2) is 32.0 Å². The van der Waals surface area contributed by atoms with Gasteiger partial charge in [0.05, 0.1) is 6.33 Å². The quantitative estimate of drug-likeness (QED) is 0.406. The lowest BCUT2D eigenvalue weighted by molar-refractivity contribution is -0.0298. The molecule has 0 spiro atoms. The van der Waals surface area contributed by atoms with E-state index in [0.29, 0.717) is 16.8 Å². The molecule has 32 heavy (non-hydrogen) atoms. The number of hydrogen-bond acceptors (Lipinski definition) is 5. The number of carbonyl (C=O) groups excluding carboxylic acids is 1. The molecule has 2 aromatic carbocycles. The fourth-order valence-electron chi connectivity index (χ4n) is 3.95. The molecule has 1 aliphatic rings.